The number of carbonyl (C=O) groups is 2. The average Bonchev–Trinajstić information content (AvgIpc) is 3.36. The fraction of sp³-hybridized carbons (Fsp3) is 0.0385. The van der Waals surface area contributed by atoms with Crippen LogP contribution in [0.1, 0.15) is 26.3 Å². The average molecular weight is 493 g/mol. The number of aliphatic hydroxyl groups is 1. The number of amides is 1. The summed E-state index contributed by atoms with van der Waals surface area (Å²) in [4.78, 5) is 32.9. The van der Waals surface area contributed by atoms with Crippen molar-refractivity contribution in [3.05, 3.63) is 95.9 Å². The molecule has 0 spiro atoms. The Morgan fingerprint density at radius 1 is 1.03 bits per heavy atom. The molecule has 3 aromatic carbocycles. The molecule has 3 N–H and O–H groups in total. The third kappa shape index (κ3) is 4.66. The second-order valence-electron chi connectivity index (χ2n) is 7.85. The van der Waals surface area contributed by atoms with Gasteiger partial charge in [0.1, 0.15) is 5.69 Å². The molecule has 2 aromatic heterocycles. The van der Waals surface area contributed by atoms with Crippen molar-refractivity contribution in [2.45, 2.75) is 6.61 Å². The lowest BCUT2D eigenvalue weighted by molar-refractivity contribution is 0.102. The highest BCUT2D eigenvalue weighted by molar-refractivity contribution is 6.11. The van der Waals surface area contributed by atoms with Crippen LogP contribution in [0.4, 0.5) is 17.2 Å². The van der Waals surface area contributed by atoms with Crippen LogP contribution in [-0.4, -0.2) is 42.2 Å². The molecule has 0 fully saturated rings. The summed E-state index contributed by atoms with van der Waals surface area (Å²) < 4.78 is 1.25. The number of hydrogen-bond acceptors (Lipinski definition) is 9. The zero-order valence-electron chi connectivity index (χ0n) is 19.2. The SMILES string of the molecule is O=Cc1cnn(-c2ncccn2)c1N=Nc1c(O)c(C(=O)Nc2ccc(CO)cc2)cc2ccccc12. The molecule has 0 bridgehead atoms. The van der Waals surface area contributed by atoms with Crippen LogP contribution in [0.15, 0.2) is 89.5 Å². The van der Waals surface area contributed by atoms with Gasteiger partial charge in [0.15, 0.2) is 17.9 Å². The quantitative estimate of drug-likeness (QED) is 0.223. The number of azo groups is 1. The fourth-order valence-electron chi connectivity index (χ4n) is 3.67. The van der Waals surface area contributed by atoms with Crippen LogP contribution in [0, 0.1) is 0 Å². The van der Waals surface area contributed by atoms with Gasteiger partial charge in [0.25, 0.3) is 11.9 Å². The number of aromatic nitrogens is 4. The van der Waals surface area contributed by atoms with Gasteiger partial charge >= 0.3 is 0 Å². The third-order valence-electron chi connectivity index (χ3n) is 5.52. The van der Waals surface area contributed by atoms with Gasteiger partial charge in [-0.1, -0.05) is 36.4 Å². The number of fused-ring (bicyclic) bond motifs is 1. The van der Waals surface area contributed by atoms with Gasteiger partial charge in [0.2, 0.25) is 0 Å². The van der Waals surface area contributed by atoms with Crippen LogP contribution >= 0.6 is 0 Å². The number of aliphatic hydroxyl groups excluding tert-OH is 1. The van der Waals surface area contributed by atoms with E-state index in [-0.39, 0.29) is 40.9 Å². The molecule has 0 aliphatic heterocycles. The molecule has 5 aromatic rings. The van der Waals surface area contributed by atoms with Gasteiger partial charge in [-0.15, -0.1) is 10.2 Å². The van der Waals surface area contributed by atoms with E-state index < -0.39 is 5.91 Å². The zero-order chi connectivity index (χ0) is 25.8. The molecule has 0 saturated heterocycles. The van der Waals surface area contributed by atoms with Crippen LogP contribution in [0.2, 0.25) is 0 Å². The summed E-state index contributed by atoms with van der Waals surface area (Å²) in [6, 6.07) is 16.9. The second kappa shape index (κ2) is 10.1. The number of nitrogens with one attached hydrogen (secondary N) is 1. The Kier molecular flexibility index (Phi) is 6.43. The fourth-order valence-corrected chi connectivity index (χ4v) is 3.67. The van der Waals surface area contributed by atoms with Crippen molar-refractivity contribution in [1.82, 2.24) is 19.7 Å². The lowest BCUT2D eigenvalue weighted by atomic mass is 10.0. The summed E-state index contributed by atoms with van der Waals surface area (Å²) >= 11 is 0. The number of rotatable bonds is 7. The smallest absolute Gasteiger partial charge is 0.259 e. The van der Waals surface area contributed by atoms with E-state index in [2.05, 4.69) is 30.6 Å². The van der Waals surface area contributed by atoms with E-state index in [4.69, 9.17) is 0 Å². The first-order chi connectivity index (χ1) is 18.1. The Labute approximate surface area is 209 Å². The lowest BCUT2D eigenvalue weighted by Gasteiger charge is -2.11. The van der Waals surface area contributed by atoms with Crippen LogP contribution in [0.25, 0.3) is 16.7 Å². The first kappa shape index (κ1) is 23.5. The van der Waals surface area contributed by atoms with Crippen molar-refractivity contribution >= 4 is 40.2 Å². The molecule has 0 aliphatic carbocycles. The summed E-state index contributed by atoms with van der Waals surface area (Å²) in [5, 5.41) is 36.8. The highest BCUT2D eigenvalue weighted by Crippen LogP contribution is 2.40. The molecule has 182 valence electrons. The number of hydrogen-bond donors (Lipinski definition) is 3. The monoisotopic (exact) mass is 493 g/mol. The highest BCUT2D eigenvalue weighted by Gasteiger charge is 2.20. The van der Waals surface area contributed by atoms with Crippen molar-refractivity contribution < 1.29 is 19.8 Å². The van der Waals surface area contributed by atoms with Crippen molar-refractivity contribution in [2.24, 2.45) is 10.2 Å². The number of carbonyl (C=O) groups excluding carboxylic acids is 2. The number of aromatic hydroxyl groups is 1. The maximum Gasteiger partial charge on any atom is 0.259 e. The number of anilines is 1. The van der Waals surface area contributed by atoms with Crippen molar-refractivity contribution in [3.8, 4) is 11.7 Å². The number of nitrogens with zero attached hydrogens (tertiary/aromatic N) is 6. The third-order valence-corrected chi connectivity index (χ3v) is 5.52. The topological polar surface area (TPSA) is 155 Å². The Morgan fingerprint density at radius 2 is 1.78 bits per heavy atom. The molecule has 11 heteroatoms. The number of phenolic OH excluding ortho intramolecular Hbond substituents is 1. The summed E-state index contributed by atoms with van der Waals surface area (Å²) in [5.41, 5.74) is 1.34. The van der Waals surface area contributed by atoms with E-state index in [1.54, 1.807) is 60.7 Å². The van der Waals surface area contributed by atoms with E-state index >= 15 is 0 Å². The molecular formula is C26H19N7O4. The zero-order valence-corrected chi connectivity index (χ0v) is 19.2. The molecule has 0 saturated carbocycles. The predicted octanol–water partition coefficient (Wildman–Crippen LogP) is 4.49. The van der Waals surface area contributed by atoms with Crippen LogP contribution in [-0.2, 0) is 6.61 Å². The minimum Gasteiger partial charge on any atom is -0.505 e. The summed E-state index contributed by atoms with van der Waals surface area (Å²) in [5.74, 6) is -0.711. The number of phenols is 1. The highest BCUT2D eigenvalue weighted by atomic mass is 16.3. The van der Waals surface area contributed by atoms with Crippen molar-refractivity contribution in [3.63, 3.8) is 0 Å². The molecule has 0 atom stereocenters. The van der Waals surface area contributed by atoms with E-state index in [0.717, 1.165) is 0 Å². The first-order valence-electron chi connectivity index (χ1n) is 11.1. The van der Waals surface area contributed by atoms with Crippen LogP contribution in [0.5, 0.6) is 5.75 Å². The second-order valence-corrected chi connectivity index (χ2v) is 7.85. The van der Waals surface area contributed by atoms with Gasteiger partial charge in [0.05, 0.1) is 23.9 Å². The Morgan fingerprint density at radius 3 is 2.51 bits per heavy atom. The molecular weight excluding hydrogens is 474 g/mol. The normalized spacial score (nSPS) is 11.2. The largest absolute Gasteiger partial charge is 0.505 e. The Bertz CT molecular complexity index is 1630. The van der Waals surface area contributed by atoms with Crippen molar-refractivity contribution in [1.29, 1.82) is 0 Å². The van der Waals surface area contributed by atoms with E-state index in [0.29, 0.717) is 28.3 Å². The lowest BCUT2D eigenvalue weighted by Crippen LogP contribution is -2.12. The van der Waals surface area contributed by atoms with Crippen molar-refractivity contribution in [2.75, 3.05) is 5.32 Å². The molecule has 11 nitrogen and oxygen atoms in total. The predicted molar refractivity (Wildman–Crippen MR) is 135 cm³/mol. The summed E-state index contributed by atoms with van der Waals surface area (Å²) in [7, 11) is 0. The van der Waals surface area contributed by atoms with Crippen LogP contribution < -0.4 is 5.32 Å². The summed E-state index contributed by atoms with van der Waals surface area (Å²) in [6.45, 7) is -0.116. The number of aldehydes is 1. The van der Waals surface area contributed by atoms with Gasteiger partial charge in [-0.25, -0.2) is 9.97 Å². The van der Waals surface area contributed by atoms with Gasteiger partial charge in [-0.05, 0) is 35.2 Å². The Hall–Kier alpha value is -5.29. The maximum atomic E-state index is 13.1. The standard InChI is InChI=1S/C26H19N7O4/c34-14-16-6-8-19(9-7-16)30-25(37)21-12-17-4-1-2-5-20(17)22(23(21)36)31-32-24-18(15-35)13-29-33(24)26-27-10-3-11-28-26/h1-13,15,34,36H,14H2,(H,30,37). The molecule has 1 amide bonds. The van der Waals surface area contributed by atoms with Gasteiger partial charge in [-0.3, -0.25) is 9.59 Å². The van der Waals surface area contributed by atoms with E-state index in [1.165, 1.54) is 23.3 Å². The Balaban J connectivity index is 1.57. The number of benzene rings is 3. The first-order valence-corrected chi connectivity index (χ1v) is 11.1. The molecule has 0 radical (unpaired) electrons. The summed E-state index contributed by atoms with van der Waals surface area (Å²) in [6.07, 6.45) is 4.92. The minimum absolute atomic E-state index is 0.0191. The molecule has 37 heavy (non-hydrogen) atoms. The van der Waals surface area contributed by atoms with Crippen LogP contribution in [0.3, 0.4) is 0 Å². The van der Waals surface area contributed by atoms with E-state index in [9.17, 15) is 19.8 Å². The van der Waals surface area contributed by atoms with Gasteiger partial charge in [0, 0.05) is 23.5 Å². The maximum absolute atomic E-state index is 13.1. The molecule has 2 heterocycles. The van der Waals surface area contributed by atoms with E-state index in [1.807, 2.05) is 0 Å². The minimum atomic E-state index is -0.562. The molecule has 0 aliphatic rings. The molecule has 0 unspecified atom stereocenters. The van der Waals surface area contributed by atoms with Gasteiger partial charge in [-0.2, -0.15) is 9.78 Å². The molecule has 5 rings (SSSR count). The van der Waals surface area contributed by atoms with Gasteiger partial charge < -0.3 is 15.5 Å².